The molecule has 1 fully saturated rings. The molecule has 1 aromatic heterocycles. The van der Waals surface area contributed by atoms with Gasteiger partial charge in [0.1, 0.15) is 11.9 Å². The van der Waals surface area contributed by atoms with Gasteiger partial charge in [-0.15, -0.1) is 0 Å². The molecule has 1 aromatic carbocycles. The molecular formula is C19H20N4O. The number of rotatable bonds is 5. The molecule has 1 aliphatic carbocycles. The predicted octanol–water partition coefficient (Wildman–Crippen LogP) is 3.78. The Balaban J connectivity index is 1.69. The second-order valence-corrected chi connectivity index (χ2v) is 6.21. The van der Waals surface area contributed by atoms with Crippen LogP contribution in [0.3, 0.4) is 0 Å². The van der Waals surface area contributed by atoms with E-state index in [4.69, 9.17) is 0 Å². The van der Waals surface area contributed by atoms with Gasteiger partial charge in [0.15, 0.2) is 0 Å². The van der Waals surface area contributed by atoms with Gasteiger partial charge >= 0.3 is 0 Å². The molecule has 0 saturated heterocycles. The number of carbonyl (C=O) groups is 1. The fraction of sp³-hybridized carbons (Fsp3) is 0.316. The third-order valence-corrected chi connectivity index (χ3v) is 4.25. The van der Waals surface area contributed by atoms with Gasteiger partial charge in [-0.05, 0) is 56.0 Å². The largest absolute Gasteiger partial charge is 0.362 e. The van der Waals surface area contributed by atoms with Crippen molar-refractivity contribution < 1.29 is 4.79 Å². The maximum atomic E-state index is 11.8. The van der Waals surface area contributed by atoms with Gasteiger partial charge in [0.2, 0.25) is 5.91 Å². The van der Waals surface area contributed by atoms with Crippen molar-refractivity contribution in [3.63, 3.8) is 0 Å². The van der Waals surface area contributed by atoms with E-state index in [1.807, 2.05) is 44.2 Å². The summed E-state index contributed by atoms with van der Waals surface area (Å²) in [5.41, 5.74) is 3.35. The van der Waals surface area contributed by atoms with Crippen LogP contribution < -0.4 is 10.6 Å². The van der Waals surface area contributed by atoms with Crippen LogP contribution in [0.2, 0.25) is 0 Å². The number of benzene rings is 1. The van der Waals surface area contributed by atoms with Gasteiger partial charge in [-0.3, -0.25) is 4.79 Å². The number of anilines is 2. The first-order valence-corrected chi connectivity index (χ1v) is 8.11. The molecule has 0 bridgehead atoms. The molecule has 24 heavy (non-hydrogen) atoms. The molecule has 1 atom stereocenters. The molecule has 1 amide bonds. The van der Waals surface area contributed by atoms with Gasteiger partial charge in [-0.1, -0.05) is 12.1 Å². The van der Waals surface area contributed by atoms with Crippen molar-refractivity contribution >= 4 is 17.4 Å². The Morgan fingerprint density at radius 3 is 2.62 bits per heavy atom. The predicted molar refractivity (Wildman–Crippen MR) is 93.5 cm³/mol. The molecule has 0 aliphatic heterocycles. The van der Waals surface area contributed by atoms with E-state index in [9.17, 15) is 10.1 Å². The van der Waals surface area contributed by atoms with Crippen molar-refractivity contribution in [2.75, 3.05) is 10.6 Å². The van der Waals surface area contributed by atoms with E-state index in [0.29, 0.717) is 11.4 Å². The minimum absolute atomic E-state index is 0.000386. The summed E-state index contributed by atoms with van der Waals surface area (Å²) in [6.07, 6.45) is 3.69. The summed E-state index contributed by atoms with van der Waals surface area (Å²) in [5, 5.41) is 15.5. The fourth-order valence-corrected chi connectivity index (χ4v) is 2.54. The Morgan fingerprint density at radius 1 is 1.29 bits per heavy atom. The minimum Gasteiger partial charge on any atom is -0.362 e. The van der Waals surface area contributed by atoms with Crippen LogP contribution in [-0.2, 0) is 4.79 Å². The van der Waals surface area contributed by atoms with Gasteiger partial charge in [0, 0.05) is 23.8 Å². The summed E-state index contributed by atoms with van der Waals surface area (Å²) in [7, 11) is 0. The lowest BCUT2D eigenvalue weighted by Crippen LogP contribution is -2.13. The zero-order valence-corrected chi connectivity index (χ0v) is 13.8. The highest BCUT2D eigenvalue weighted by atomic mass is 16.2. The maximum Gasteiger partial charge on any atom is 0.227 e. The number of pyridine rings is 1. The molecule has 2 aromatic rings. The molecule has 0 radical (unpaired) electrons. The molecule has 5 nitrogen and oxygen atoms in total. The van der Waals surface area contributed by atoms with Gasteiger partial charge < -0.3 is 10.6 Å². The quantitative estimate of drug-likeness (QED) is 0.878. The number of nitrogens with one attached hydrogen (secondary N) is 2. The lowest BCUT2D eigenvalue weighted by molar-refractivity contribution is -0.117. The van der Waals surface area contributed by atoms with Crippen LogP contribution in [0, 0.1) is 24.2 Å². The lowest BCUT2D eigenvalue weighted by atomic mass is 10.1. The number of aryl methyl sites for hydroxylation is 1. The number of hydrogen-bond donors (Lipinski definition) is 2. The van der Waals surface area contributed by atoms with Crippen molar-refractivity contribution in [2.24, 2.45) is 5.92 Å². The normalized spacial score (nSPS) is 14.5. The molecule has 1 aliphatic rings. The van der Waals surface area contributed by atoms with Gasteiger partial charge in [0.05, 0.1) is 5.56 Å². The van der Waals surface area contributed by atoms with Crippen molar-refractivity contribution in [3.05, 3.63) is 53.2 Å². The Kier molecular flexibility index (Phi) is 4.48. The van der Waals surface area contributed by atoms with E-state index >= 15 is 0 Å². The van der Waals surface area contributed by atoms with Crippen molar-refractivity contribution in [1.82, 2.24) is 4.98 Å². The zero-order chi connectivity index (χ0) is 17.1. The molecule has 0 spiro atoms. The van der Waals surface area contributed by atoms with Crippen molar-refractivity contribution in [2.45, 2.75) is 32.7 Å². The van der Waals surface area contributed by atoms with Crippen molar-refractivity contribution in [3.8, 4) is 6.07 Å². The number of carbonyl (C=O) groups excluding carboxylic acids is 1. The molecule has 5 heteroatoms. The number of amides is 1. The SMILES string of the molecule is Cc1ccnc(NC(C)c2ccc(NC(=O)C3CC3)cc2)c1C#N. The molecule has 2 N–H and O–H groups in total. The summed E-state index contributed by atoms with van der Waals surface area (Å²) in [4.78, 5) is 16.0. The standard InChI is InChI=1S/C19H20N4O/c1-12-9-10-21-18(17(12)11-20)22-13(2)14-5-7-16(8-6-14)23-19(24)15-3-4-15/h5-10,13,15H,3-4H2,1-2H3,(H,21,22)(H,23,24). The molecule has 3 rings (SSSR count). The molecular weight excluding hydrogens is 300 g/mol. The van der Waals surface area contributed by atoms with Crippen LogP contribution in [0.15, 0.2) is 36.5 Å². The van der Waals surface area contributed by atoms with E-state index in [2.05, 4.69) is 21.7 Å². The first kappa shape index (κ1) is 16.0. The average Bonchev–Trinajstić information content (AvgIpc) is 3.40. The monoisotopic (exact) mass is 320 g/mol. The van der Waals surface area contributed by atoms with E-state index in [-0.39, 0.29) is 17.9 Å². The highest BCUT2D eigenvalue weighted by Gasteiger charge is 2.29. The van der Waals surface area contributed by atoms with Crippen LogP contribution in [0.5, 0.6) is 0 Å². The highest BCUT2D eigenvalue weighted by Crippen LogP contribution is 2.30. The smallest absolute Gasteiger partial charge is 0.227 e. The minimum atomic E-state index is -0.000386. The van der Waals surface area contributed by atoms with Crippen molar-refractivity contribution in [1.29, 1.82) is 5.26 Å². The van der Waals surface area contributed by atoms with Crippen LogP contribution in [-0.4, -0.2) is 10.9 Å². The highest BCUT2D eigenvalue weighted by molar-refractivity contribution is 5.94. The molecule has 1 saturated carbocycles. The number of aromatic nitrogens is 1. The van der Waals surface area contributed by atoms with Crippen LogP contribution in [0.25, 0.3) is 0 Å². The summed E-state index contributed by atoms with van der Waals surface area (Å²) in [6.45, 7) is 3.91. The van der Waals surface area contributed by atoms with E-state index in [0.717, 1.165) is 29.7 Å². The van der Waals surface area contributed by atoms with E-state index in [1.54, 1.807) is 6.20 Å². The van der Waals surface area contributed by atoms with Crippen LogP contribution in [0.4, 0.5) is 11.5 Å². The van der Waals surface area contributed by atoms with Crippen LogP contribution >= 0.6 is 0 Å². The summed E-state index contributed by atoms with van der Waals surface area (Å²) in [6, 6.07) is 11.8. The summed E-state index contributed by atoms with van der Waals surface area (Å²) in [5.74, 6) is 0.898. The Labute approximate surface area is 141 Å². The Morgan fingerprint density at radius 2 is 2.00 bits per heavy atom. The number of nitrogens with zero attached hydrogens (tertiary/aromatic N) is 2. The third kappa shape index (κ3) is 3.54. The first-order valence-electron chi connectivity index (χ1n) is 8.11. The summed E-state index contributed by atoms with van der Waals surface area (Å²) >= 11 is 0. The van der Waals surface area contributed by atoms with Gasteiger partial charge in [-0.2, -0.15) is 5.26 Å². The maximum absolute atomic E-state index is 11.8. The first-order chi connectivity index (χ1) is 11.6. The molecule has 122 valence electrons. The van der Waals surface area contributed by atoms with E-state index in [1.165, 1.54) is 0 Å². The fourth-order valence-electron chi connectivity index (χ4n) is 2.54. The van der Waals surface area contributed by atoms with Gasteiger partial charge in [-0.25, -0.2) is 4.98 Å². The van der Waals surface area contributed by atoms with E-state index < -0.39 is 0 Å². The zero-order valence-electron chi connectivity index (χ0n) is 13.8. The Hall–Kier alpha value is -2.87. The molecule has 1 unspecified atom stereocenters. The summed E-state index contributed by atoms with van der Waals surface area (Å²) < 4.78 is 0. The average molecular weight is 320 g/mol. The lowest BCUT2D eigenvalue weighted by Gasteiger charge is -2.17. The van der Waals surface area contributed by atoms with Crippen LogP contribution in [0.1, 0.15) is 42.5 Å². The Bertz CT molecular complexity index is 788. The number of hydrogen-bond acceptors (Lipinski definition) is 4. The third-order valence-electron chi connectivity index (χ3n) is 4.25. The second kappa shape index (κ2) is 6.71. The second-order valence-electron chi connectivity index (χ2n) is 6.21. The number of nitriles is 1. The topological polar surface area (TPSA) is 77.8 Å². The molecule has 1 heterocycles. The van der Waals surface area contributed by atoms with Gasteiger partial charge in [0.25, 0.3) is 0 Å².